The lowest BCUT2D eigenvalue weighted by molar-refractivity contribution is 0.340. The van der Waals surface area contributed by atoms with Crippen LogP contribution in [0.4, 0.5) is 0 Å². The van der Waals surface area contributed by atoms with E-state index in [-0.39, 0.29) is 32.3 Å². The molecule has 0 fully saturated rings. The number of rotatable bonds is 2. The summed E-state index contributed by atoms with van der Waals surface area (Å²) in [4.78, 5) is 0. The molecule has 1 rings (SSSR count). The van der Waals surface area contributed by atoms with Crippen LogP contribution >= 0.6 is 34.8 Å². The molecule has 0 saturated heterocycles. The number of benzene rings is 1. The number of phenolic OH excluding ortho intramolecular Hbond substituents is 1. The molecule has 78 valence electrons. The molecule has 0 aliphatic carbocycles. The van der Waals surface area contributed by atoms with Gasteiger partial charge in [-0.2, -0.15) is 0 Å². The second kappa shape index (κ2) is 4.34. The van der Waals surface area contributed by atoms with Crippen molar-refractivity contribution in [2.45, 2.75) is 0 Å². The van der Waals surface area contributed by atoms with Crippen molar-refractivity contribution in [3.63, 3.8) is 0 Å². The van der Waals surface area contributed by atoms with Gasteiger partial charge < -0.3 is 14.6 Å². The van der Waals surface area contributed by atoms with Gasteiger partial charge in [-0.25, -0.2) is 0 Å². The highest BCUT2D eigenvalue weighted by atomic mass is 35.5. The second-order valence-electron chi connectivity index (χ2n) is 2.36. The molecule has 0 radical (unpaired) electrons. The van der Waals surface area contributed by atoms with E-state index in [2.05, 4.69) is 0 Å². The number of hydrogen-bond donors (Lipinski definition) is 1. The van der Waals surface area contributed by atoms with Crippen LogP contribution in [0.15, 0.2) is 0 Å². The minimum absolute atomic E-state index is 0.0397. The summed E-state index contributed by atoms with van der Waals surface area (Å²) >= 11 is 17.3. The van der Waals surface area contributed by atoms with Gasteiger partial charge in [-0.3, -0.25) is 0 Å². The molecule has 0 aliphatic rings. The third kappa shape index (κ3) is 1.67. The zero-order chi connectivity index (χ0) is 10.9. The first-order valence-electron chi connectivity index (χ1n) is 3.52. The third-order valence-corrected chi connectivity index (χ3v) is 2.92. The van der Waals surface area contributed by atoms with Crippen molar-refractivity contribution in [3.05, 3.63) is 15.1 Å². The number of halogens is 3. The molecular weight excluding hydrogens is 250 g/mol. The number of aromatic hydroxyl groups is 1. The summed E-state index contributed by atoms with van der Waals surface area (Å²) in [6, 6.07) is 0. The highest BCUT2D eigenvalue weighted by molar-refractivity contribution is 6.49. The van der Waals surface area contributed by atoms with E-state index in [0.717, 1.165) is 0 Å². The molecule has 0 aromatic heterocycles. The Morgan fingerprint density at radius 2 is 1.21 bits per heavy atom. The molecule has 0 aliphatic heterocycles. The molecule has 0 atom stereocenters. The van der Waals surface area contributed by atoms with E-state index in [1.165, 1.54) is 14.2 Å². The van der Waals surface area contributed by atoms with Crippen LogP contribution in [0.1, 0.15) is 0 Å². The third-order valence-electron chi connectivity index (χ3n) is 1.62. The minimum Gasteiger partial charge on any atom is -0.502 e. The fraction of sp³-hybridized carbons (Fsp3) is 0.250. The van der Waals surface area contributed by atoms with Crippen LogP contribution < -0.4 is 9.47 Å². The maximum atomic E-state index is 9.60. The van der Waals surface area contributed by atoms with Gasteiger partial charge in [0.2, 0.25) is 5.75 Å². The van der Waals surface area contributed by atoms with Gasteiger partial charge in [-0.15, -0.1) is 0 Å². The van der Waals surface area contributed by atoms with Gasteiger partial charge in [0, 0.05) is 0 Å². The van der Waals surface area contributed by atoms with E-state index >= 15 is 0 Å². The fourth-order valence-corrected chi connectivity index (χ4v) is 1.72. The first-order chi connectivity index (χ1) is 6.54. The Bertz CT molecular complexity index is 334. The maximum absolute atomic E-state index is 9.60. The van der Waals surface area contributed by atoms with E-state index in [9.17, 15) is 5.11 Å². The zero-order valence-electron chi connectivity index (χ0n) is 7.40. The van der Waals surface area contributed by atoms with Crippen LogP contribution in [0.3, 0.4) is 0 Å². The van der Waals surface area contributed by atoms with E-state index < -0.39 is 0 Å². The predicted molar refractivity (Wildman–Crippen MR) is 56.2 cm³/mol. The van der Waals surface area contributed by atoms with Crippen molar-refractivity contribution < 1.29 is 14.6 Å². The first kappa shape index (κ1) is 11.6. The van der Waals surface area contributed by atoms with Crippen molar-refractivity contribution in [1.29, 1.82) is 0 Å². The summed E-state index contributed by atoms with van der Waals surface area (Å²) in [5, 5.41) is 9.79. The summed E-state index contributed by atoms with van der Waals surface area (Å²) in [5.41, 5.74) is 0. The number of methoxy groups -OCH3 is 2. The van der Waals surface area contributed by atoms with Crippen molar-refractivity contribution in [1.82, 2.24) is 0 Å². The second-order valence-corrected chi connectivity index (χ2v) is 3.49. The van der Waals surface area contributed by atoms with Gasteiger partial charge in [-0.05, 0) is 0 Å². The number of ether oxygens (including phenoxy) is 2. The van der Waals surface area contributed by atoms with Crippen molar-refractivity contribution in [2.24, 2.45) is 0 Å². The first-order valence-corrected chi connectivity index (χ1v) is 4.65. The van der Waals surface area contributed by atoms with Gasteiger partial charge in [0.05, 0.1) is 19.2 Å². The van der Waals surface area contributed by atoms with Crippen molar-refractivity contribution in [2.75, 3.05) is 14.2 Å². The van der Waals surface area contributed by atoms with Crippen molar-refractivity contribution in [3.8, 4) is 17.2 Å². The van der Waals surface area contributed by atoms with Gasteiger partial charge in [0.15, 0.2) is 11.5 Å². The van der Waals surface area contributed by atoms with E-state index in [4.69, 9.17) is 44.3 Å². The maximum Gasteiger partial charge on any atom is 0.204 e. The van der Waals surface area contributed by atoms with Crippen LogP contribution in [0.25, 0.3) is 0 Å². The SMILES string of the molecule is COc1c(O)c(OC)c(Cl)c(Cl)c1Cl. The highest BCUT2D eigenvalue weighted by Crippen LogP contribution is 2.51. The summed E-state index contributed by atoms with van der Waals surface area (Å²) in [7, 11) is 2.70. The standard InChI is InChI=1S/C8H7Cl3O3/c1-13-7-4(10)3(9)5(11)8(14-2)6(7)12/h12H,1-2H3. The van der Waals surface area contributed by atoms with Gasteiger partial charge in [-0.1, -0.05) is 34.8 Å². The Balaban J connectivity index is 3.56. The smallest absolute Gasteiger partial charge is 0.204 e. The van der Waals surface area contributed by atoms with Crippen molar-refractivity contribution >= 4 is 34.8 Å². The quantitative estimate of drug-likeness (QED) is 0.826. The Morgan fingerprint density at radius 3 is 1.50 bits per heavy atom. The molecule has 0 heterocycles. The lowest BCUT2D eigenvalue weighted by Crippen LogP contribution is -1.92. The number of phenols is 1. The molecule has 1 aromatic carbocycles. The molecule has 0 unspecified atom stereocenters. The Kier molecular flexibility index (Phi) is 3.59. The lowest BCUT2D eigenvalue weighted by Gasteiger charge is -2.12. The van der Waals surface area contributed by atoms with Crippen LogP contribution in [0.5, 0.6) is 17.2 Å². The van der Waals surface area contributed by atoms with E-state index in [1.54, 1.807) is 0 Å². The molecule has 1 aromatic rings. The molecule has 14 heavy (non-hydrogen) atoms. The molecule has 0 saturated carbocycles. The molecule has 0 amide bonds. The monoisotopic (exact) mass is 256 g/mol. The minimum atomic E-state index is -0.269. The van der Waals surface area contributed by atoms with Crippen LogP contribution in [0, 0.1) is 0 Å². The molecule has 3 nitrogen and oxygen atoms in total. The number of hydrogen-bond acceptors (Lipinski definition) is 3. The zero-order valence-corrected chi connectivity index (χ0v) is 9.67. The Labute approximate surface area is 96.1 Å². The molecule has 6 heteroatoms. The van der Waals surface area contributed by atoms with Gasteiger partial charge >= 0.3 is 0 Å². The van der Waals surface area contributed by atoms with Gasteiger partial charge in [0.25, 0.3) is 0 Å². The lowest BCUT2D eigenvalue weighted by atomic mass is 10.3. The summed E-state index contributed by atoms with van der Waals surface area (Å²) in [5.74, 6) is -0.190. The average Bonchev–Trinajstić information content (AvgIpc) is 2.16. The summed E-state index contributed by atoms with van der Waals surface area (Å²) < 4.78 is 9.70. The topological polar surface area (TPSA) is 38.7 Å². The van der Waals surface area contributed by atoms with E-state index in [0.29, 0.717) is 0 Å². The predicted octanol–water partition coefficient (Wildman–Crippen LogP) is 3.37. The summed E-state index contributed by atoms with van der Waals surface area (Å²) in [6.45, 7) is 0. The van der Waals surface area contributed by atoms with Crippen LogP contribution in [0.2, 0.25) is 15.1 Å². The Morgan fingerprint density at radius 1 is 0.857 bits per heavy atom. The van der Waals surface area contributed by atoms with Crippen LogP contribution in [-0.4, -0.2) is 19.3 Å². The largest absolute Gasteiger partial charge is 0.502 e. The Hall–Kier alpha value is -0.510. The van der Waals surface area contributed by atoms with Crippen LogP contribution in [-0.2, 0) is 0 Å². The molecular formula is C8H7Cl3O3. The van der Waals surface area contributed by atoms with E-state index in [1.807, 2.05) is 0 Å². The molecule has 0 bridgehead atoms. The normalized spacial score (nSPS) is 10.1. The summed E-state index contributed by atoms with van der Waals surface area (Å²) in [6.07, 6.45) is 0. The average molecular weight is 258 g/mol. The highest BCUT2D eigenvalue weighted by Gasteiger charge is 2.22. The fourth-order valence-electron chi connectivity index (χ4n) is 0.979. The molecule has 1 N–H and O–H groups in total. The molecule has 0 spiro atoms. The van der Waals surface area contributed by atoms with Gasteiger partial charge in [0.1, 0.15) is 10.0 Å².